The molecule has 6 nitrogen and oxygen atoms in total. The Morgan fingerprint density at radius 2 is 1.97 bits per heavy atom. The smallest absolute Gasteiger partial charge is 0.187 e. The van der Waals surface area contributed by atoms with Gasteiger partial charge in [0.2, 0.25) is 0 Å². The van der Waals surface area contributed by atoms with Crippen molar-refractivity contribution in [3.05, 3.63) is 72.3 Å². The van der Waals surface area contributed by atoms with Crippen LogP contribution in [-0.2, 0) is 6.42 Å². The Morgan fingerprint density at radius 1 is 1.14 bits per heavy atom. The van der Waals surface area contributed by atoms with Crippen molar-refractivity contribution in [2.24, 2.45) is 5.73 Å². The molecule has 3 heterocycles. The molecule has 3 aromatic rings. The molecule has 1 aromatic carbocycles. The van der Waals surface area contributed by atoms with Crippen molar-refractivity contribution < 1.29 is 4.79 Å². The molecule has 0 amide bonds. The van der Waals surface area contributed by atoms with E-state index in [1.165, 1.54) is 0 Å². The Morgan fingerprint density at radius 3 is 2.72 bits per heavy atom. The summed E-state index contributed by atoms with van der Waals surface area (Å²) in [4.78, 5) is 23.8. The first-order valence-electron chi connectivity index (χ1n) is 9.89. The molecule has 1 atom stereocenters. The summed E-state index contributed by atoms with van der Waals surface area (Å²) in [5, 5.41) is 0. The Kier molecular flexibility index (Phi) is 5.53. The van der Waals surface area contributed by atoms with Crippen LogP contribution in [0.25, 0.3) is 11.1 Å². The molecule has 0 radical (unpaired) electrons. The van der Waals surface area contributed by atoms with Crippen LogP contribution in [0.1, 0.15) is 28.9 Å². The monoisotopic (exact) mass is 387 g/mol. The van der Waals surface area contributed by atoms with Gasteiger partial charge in [0.05, 0.1) is 5.69 Å². The van der Waals surface area contributed by atoms with Crippen molar-refractivity contribution in [2.45, 2.75) is 25.3 Å². The fourth-order valence-corrected chi connectivity index (χ4v) is 3.85. The molecule has 29 heavy (non-hydrogen) atoms. The van der Waals surface area contributed by atoms with E-state index in [9.17, 15) is 4.79 Å². The summed E-state index contributed by atoms with van der Waals surface area (Å²) in [5.74, 6) is -0.113. The summed E-state index contributed by atoms with van der Waals surface area (Å²) < 4.78 is 0. The SMILES string of the molecule is Nc1cc(-c2ccccc2)cnc1C(=O)Cc1cnccc1N1CCC[C@H](N)C1. The van der Waals surface area contributed by atoms with E-state index in [0.29, 0.717) is 11.4 Å². The lowest BCUT2D eigenvalue weighted by Gasteiger charge is -2.33. The number of rotatable bonds is 5. The molecule has 0 spiro atoms. The molecule has 6 heteroatoms. The molecule has 1 aliphatic rings. The second-order valence-corrected chi connectivity index (χ2v) is 7.48. The molecule has 4 N–H and O–H groups in total. The Bertz CT molecular complexity index is 1010. The van der Waals surface area contributed by atoms with Gasteiger partial charge in [-0.05, 0) is 30.5 Å². The van der Waals surface area contributed by atoms with E-state index in [4.69, 9.17) is 11.5 Å². The van der Waals surface area contributed by atoms with Crippen LogP contribution in [0.15, 0.2) is 61.1 Å². The van der Waals surface area contributed by atoms with E-state index in [2.05, 4.69) is 14.9 Å². The van der Waals surface area contributed by atoms with Crippen LogP contribution in [0.4, 0.5) is 11.4 Å². The molecular weight excluding hydrogens is 362 g/mol. The van der Waals surface area contributed by atoms with E-state index in [-0.39, 0.29) is 18.2 Å². The third kappa shape index (κ3) is 4.27. The molecule has 1 fully saturated rings. The van der Waals surface area contributed by atoms with Crippen molar-refractivity contribution >= 4 is 17.2 Å². The largest absolute Gasteiger partial charge is 0.397 e. The van der Waals surface area contributed by atoms with E-state index >= 15 is 0 Å². The van der Waals surface area contributed by atoms with Crippen LogP contribution in [0.5, 0.6) is 0 Å². The van der Waals surface area contributed by atoms with E-state index in [1.54, 1.807) is 18.6 Å². The topological polar surface area (TPSA) is 98.1 Å². The second kappa shape index (κ2) is 8.41. The van der Waals surface area contributed by atoms with Crippen molar-refractivity contribution in [3.63, 3.8) is 0 Å². The van der Waals surface area contributed by atoms with Gasteiger partial charge in [-0.25, -0.2) is 0 Å². The molecule has 0 bridgehead atoms. The van der Waals surface area contributed by atoms with Crippen LogP contribution >= 0.6 is 0 Å². The molecule has 148 valence electrons. The van der Waals surface area contributed by atoms with Gasteiger partial charge in [-0.15, -0.1) is 0 Å². The number of nitrogens with two attached hydrogens (primary N) is 2. The zero-order valence-electron chi connectivity index (χ0n) is 16.3. The summed E-state index contributed by atoms with van der Waals surface area (Å²) in [6, 6.07) is 13.8. The molecule has 0 saturated carbocycles. The van der Waals surface area contributed by atoms with Crippen molar-refractivity contribution in [3.8, 4) is 11.1 Å². The molecule has 1 saturated heterocycles. The predicted octanol–water partition coefficient (Wildman–Crippen LogP) is 3.08. The second-order valence-electron chi connectivity index (χ2n) is 7.48. The number of ketones is 1. The number of pyridine rings is 2. The molecule has 1 aliphatic heterocycles. The highest BCUT2D eigenvalue weighted by atomic mass is 16.1. The maximum atomic E-state index is 13.0. The van der Waals surface area contributed by atoms with Crippen LogP contribution in [0, 0.1) is 0 Å². The van der Waals surface area contributed by atoms with E-state index in [1.807, 2.05) is 42.5 Å². The highest BCUT2D eigenvalue weighted by Gasteiger charge is 2.21. The summed E-state index contributed by atoms with van der Waals surface area (Å²) >= 11 is 0. The number of carbonyl (C=O) groups is 1. The first-order valence-corrected chi connectivity index (χ1v) is 9.89. The minimum atomic E-state index is -0.113. The molecular formula is C23H25N5O. The van der Waals surface area contributed by atoms with E-state index in [0.717, 1.165) is 48.3 Å². The van der Waals surface area contributed by atoms with Gasteiger partial charge in [0.15, 0.2) is 5.78 Å². The van der Waals surface area contributed by atoms with Crippen LogP contribution in [-0.4, -0.2) is 34.9 Å². The fourth-order valence-electron chi connectivity index (χ4n) is 3.85. The highest BCUT2D eigenvalue weighted by Crippen LogP contribution is 2.26. The molecule has 2 aromatic heterocycles. The number of benzene rings is 1. The first-order chi connectivity index (χ1) is 14.1. The Hall–Kier alpha value is -3.25. The minimum Gasteiger partial charge on any atom is -0.397 e. The van der Waals surface area contributed by atoms with Gasteiger partial charge >= 0.3 is 0 Å². The van der Waals surface area contributed by atoms with Gasteiger partial charge in [0.1, 0.15) is 5.69 Å². The number of anilines is 2. The standard InChI is InChI=1S/C23H25N5O/c24-19-7-4-10-28(15-19)21-8-9-26-13-18(21)12-22(29)23-20(25)11-17(14-27-23)16-5-2-1-3-6-16/h1-3,5-6,8-9,11,13-14,19H,4,7,10,12,15,24-25H2/t19-/m0/s1. The van der Waals surface area contributed by atoms with Crippen molar-refractivity contribution in [1.29, 1.82) is 0 Å². The summed E-state index contributed by atoms with van der Waals surface area (Å²) in [7, 11) is 0. The average Bonchev–Trinajstić information content (AvgIpc) is 2.74. The number of nitrogens with zero attached hydrogens (tertiary/aromatic N) is 3. The van der Waals surface area contributed by atoms with Crippen LogP contribution < -0.4 is 16.4 Å². The van der Waals surface area contributed by atoms with Crippen LogP contribution in [0.3, 0.4) is 0 Å². The number of hydrogen-bond donors (Lipinski definition) is 2. The third-order valence-corrected chi connectivity index (χ3v) is 5.32. The number of nitrogen functional groups attached to an aromatic ring is 1. The van der Waals surface area contributed by atoms with Gasteiger partial charge in [0.25, 0.3) is 0 Å². The summed E-state index contributed by atoms with van der Waals surface area (Å²) in [6.45, 7) is 1.72. The lowest BCUT2D eigenvalue weighted by Crippen LogP contribution is -2.43. The number of aromatic nitrogens is 2. The Balaban J connectivity index is 1.56. The lowest BCUT2D eigenvalue weighted by atomic mass is 10.0. The number of piperidine rings is 1. The number of carbonyl (C=O) groups excluding carboxylic acids is 1. The Labute approximate surface area is 170 Å². The molecule has 4 rings (SSSR count). The van der Waals surface area contributed by atoms with Gasteiger partial charge in [-0.2, -0.15) is 0 Å². The van der Waals surface area contributed by atoms with Gasteiger partial charge in [-0.1, -0.05) is 30.3 Å². The minimum absolute atomic E-state index is 0.113. The lowest BCUT2D eigenvalue weighted by molar-refractivity contribution is 0.0989. The fraction of sp³-hybridized carbons (Fsp3) is 0.261. The van der Waals surface area contributed by atoms with Gasteiger partial charge in [-0.3, -0.25) is 14.8 Å². The van der Waals surface area contributed by atoms with E-state index < -0.39 is 0 Å². The maximum absolute atomic E-state index is 13.0. The molecule has 0 unspecified atom stereocenters. The van der Waals surface area contributed by atoms with Gasteiger partial charge < -0.3 is 16.4 Å². The normalized spacial score (nSPS) is 16.6. The third-order valence-electron chi connectivity index (χ3n) is 5.32. The summed E-state index contributed by atoms with van der Waals surface area (Å²) in [6.07, 6.45) is 7.49. The number of Topliss-reactive ketones (excluding diaryl/α,β-unsaturated/α-hetero) is 1. The first kappa shape index (κ1) is 19.1. The zero-order chi connectivity index (χ0) is 20.2. The predicted molar refractivity (Wildman–Crippen MR) is 116 cm³/mol. The van der Waals surface area contributed by atoms with Crippen molar-refractivity contribution in [2.75, 3.05) is 23.7 Å². The zero-order valence-corrected chi connectivity index (χ0v) is 16.3. The number of hydrogen-bond acceptors (Lipinski definition) is 6. The molecule has 0 aliphatic carbocycles. The quantitative estimate of drug-likeness (QED) is 0.653. The maximum Gasteiger partial charge on any atom is 0.187 e. The average molecular weight is 387 g/mol. The van der Waals surface area contributed by atoms with Crippen molar-refractivity contribution in [1.82, 2.24) is 9.97 Å². The van der Waals surface area contributed by atoms with Gasteiger partial charge in [0, 0.05) is 61.0 Å². The summed E-state index contributed by atoms with van der Waals surface area (Å²) in [5.41, 5.74) is 16.8. The highest BCUT2D eigenvalue weighted by molar-refractivity contribution is 6.01. The van der Waals surface area contributed by atoms with Crippen LogP contribution in [0.2, 0.25) is 0 Å².